The van der Waals surface area contributed by atoms with E-state index in [4.69, 9.17) is 4.74 Å². The number of aromatic nitrogens is 2. The molecule has 144 valence electrons. The van der Waals surface area contributed by atoms with Gasteiger partial charge in [-0.3, -0.25) is 20.0 Å². The monoisotopic (exact) mass is 375 g/mol. The van der Waals surface area contributed by atoms with E-state index in [9.17, 15) is 20.0 Å². The van der Waals surface area contributed by atoms with Gasteiger partial charge in [-0.2, -0.15) is 10.2 Å². The first-order valence-corrected chi connectivity index (χ1v) is 8.17. The lowest BCUT2D eigenvalue weighted by Crippen LogP contribution is -2.18. The number of rotatable bonds is 6. The molecule has 0 saturated heterocycles. The van der Waals surface area contributed by atoms with Crippen LogP contribution < -0.4 is 10.2 Å². The summed E-state index contributed by atoms with van der Waals surface area (Å²) in [5.74, 6) is -0.912. The Morgan fingerprint density at radius 1 is 1.44 bits per heavy atom. The Kier molecular flexibility index (Phi) is 5.78. The fourth-order valence-electron chi connectivity index (χ4n) is 2.12. The van der Waals surface area contributed by atoms with Crippen LogP contribution in [0.25, 0.3) is 0 Å². The summed E-state index contributed by atoms with van der Waals surface area (Å²) in [6.45, 7) is 7.82. The van der Waals surface area contributed by atoms with E-state index >= 15 is 0 Å². The summed E-state index contributed by atoms with van der Waals surface area (Å²) in [4.78, 5) is 22.5. The normalized spacial score (nSPS) is 11.6. The molecule has 0 aliphatic rings. The van der Waals surface area contributed by atoms with Crippen LogP contribution in [0, 0.1) is 10.1 Å². The number of hydrogen-bond acceptors (Lipinski definition) is 7. The highest BCUT2D eigenvalue weighted by Gasteiger charge is 2.19. The van der Waals surface area contributed by atoms with Gasteiger partial charge in [0.25, 0.3) is 11.6 Å². The number of aromatic amines is 1. The van der Waals surface area contributed by atoms with Crippen molar-refractivity contribution in [1.29, 1.82) is 0 Å². The molecule has 0 atom stereocenters. The molecule has 3 N–H and O–H groups in total. The van der Waals surface area contributed by atoms with Crippen LogP contribution in [0.5, 0.6) is 11.5 Å². The van der Waals surface area contributed by atoms with Crippen molar-refractivity contribution in [2.45, 2.75) is 33.1 Å². The van der Waals surface area contributed by atoms with Gasteiger partial charge in [0.1, 0.15) is 0 Å². The third-order valence-electron chi connectivity index (χ3n) is 3.59. The second-order valence-electron chi connectivity index (χ2n) is 6.69. The van der Waals surface area contributed by atoms with Crippen LogP contribution in [0.1, 0.15) is 49.4 Å². The number of carbonyl (C=O) groups excluding carboxylic acids is 1. The molecule has 0 spiro atoms. The van der Waals surface area contributed by atoms with E-state index in [-0.39, 0.29) is 40.5 Å². The Balaban J connectivity index is 2.19. The molecule has 0 fully saturated rings. The number of nitro benzene ring substituents is 1. The first-order chi connectivity index (χ1) is 12.6. The number of H-pyrrole nitrogens is 1. The zero-order valence-electron chi connectivity index (χ0n) is 15.4. The molecule has 2 rings (SSSR count). The smallest absolute Gasteiger partial charge is 0.291 e. The molecule has 0 bridgehead atoms. The van der Waals surface area contributed by atoms with Gasteiger partial charge in [-0.25, -0.2) is 5.43 Å². The van der Waals surface area contributed by atoms with E-state index in [1.807, 2.05) is 20.8 Å². The number of hydrogen-bond donors (Lipinski definition) is 3. The van der Waals surface area contributed by atoms with E-state index in [0.29, 0.717) is 0 Å². The van der Waals surface area contributed by atoms with Crippen molar-refractivity contribution in [3.05, 3.63) is 45.3 Å². The van der Waals surface area contributed by atoms with Crippen LogP contribution in [0.3, 0.4) is 0 Å². The van der Waals surface area contributed by atoms with Gasteiger partial charge in [-0.05, 0) is 13.0 Å². The summed E-state index contributed by atoms with van der Waals surface area (Å²) in [6.07, 6.45) is 1.10. The number of nitro groups is 1. The Morgan fingerprint density at radius 3 is 2.70 bits per heavy atom. The number of non-ortho nitro benzene ring substituents is 1. The van der Waals surface area contributed by atoms with Gasteiger partial charge >= 0.3 is 0 Å². The molecular formula is C17H21N5O5. The number of nitrogens with zero attached hydrogens (tertiary/aromatic N) is 3. The van der Waals surface area contributed by atoms with Crippen LogP contribution >= 0.6 is 0 Å². The third kappa shape index (κ3) is 4.81. The molecule has 1 aromatic heterocycles. The average molecular weight is 375 g/mol. The highest BCUT2D eigenvalue weighted by molar-refractivity contribution is 5.93. The topological polar surface area (TPSA) is 143 Å². The highest BCUT2D eigenvalue weighted by atomic mass is 16.6. The second-order valence-corrected chi connectivity index (χ2v) is 6.69. The Hall–Kier alpha value is -3.43. The minimum absolute atomic E-state index is 0.0327. The molecule has 10 heteroatoms. The predicted octanol–water partition coefficient (Wildman–Crippen LogP) is 2.48. The van der Waals surface area contributed by atoms with Crippen molar-refractivity contribution >= 4 is 17.8 Å². The van der Waals surface area contributed by atoms with Gasteiger partial charge in [0, 0.05) is 22.7 Å². The second kappa shape index (κ2) is 7.85. The molecular weight excluding hydrogens is 354 g/mol. The van der Waals surface area contributed by atoms with E-state index in [1.54, 1.807) is 13.0 Å². The molecule has 1 heterocycles. The standard InChI is InChI=1S/C17H21N5O5/c1-5-27-13-7-11(22(25)26)6-10(15(13)23)9-18-21-16(24)12-8-14(20-19-12)17(2,3)4/h6-9,23H,5H2,1-4H3,(H,19,20)(H,21,24)/b18-9+. The summed E-state index contributed by atoms with van der Waals surface area (Å²) in [6, 6.07) is 3.86. The fraction of sp³-hybridized carbons (Fsp3) is 0.353. The molecule has 2 aromatic rings. The Bertz CT molecular complexity index is 882. The molecule has 1 aromatic carbocycles. The van der Waals surface area contributed by atoms with E-state index in [2.05, 4.69) is 20.7 Å². The first kappa shape index (κ1) is 19.9. The van der Waals surface area contributed by atoms with Gasteiger partial charge in [0.2, 0.25) is 0 Å². The van der Waals surface area contributed by atoms with Crippen molar-refractivity contribution in [2.24, 2.45) is 5.10 Å². The maximum absolute atomic E-state index is 12.1. The summed E-state index contributed by atoms with van der Waals surface area (Å²) in [5.41, 5.74) is 2.77. The minimum atomic E-state index is -0.615. The van der Waals surface area contributed by atoms with E-state index in [1.165, 1.54) is 0 Å². The number of aromatic hydroxyl groups is 1. The van der Waals surface area contributed by atoms with Crippen LogP contribution in [-0.4, -0.2) is 39.0 Å². The molecule has 0 unspecified atom stereocenters. The summed E-state index contributed by atoms with van der Waals surface area (Å²) in [7, 11) is 0. The van der Waals surface area contributed by atoms with Crippen molar-refractivity contribution in [3.8, 4) is 11.5 Å². The van der Waals surface area contributed by atoms with E-state index in [0.717, 1.165) is 24.0 Å². The van der Waals surface area contributed by atoms with Crippen LogP contribution in [0.2, 0.25) is 0 Å². The largest absolute Gasteiger partial charge is 0.504 e. The number of benzene rings is 1. The van der Waals surface area contributed by atoms with Crippen molar-refractivity contribution in [2.75, 3.05) is 6.61 Å². The predicted molar refractivity (Wildman–Crippen MR) is 98.3 cm³/mol. The van der Waals surface area contributed by atoms with Crippen LogP contribution in [0.15, 0.2) is 23.3 Å². The lowest BCUT2D eigenvalue weighted by molar-refractivity contribution is -0.385. The maximum Gasteiger partial charge on any atom is 0.291 e. The number of ether oxygens (including phenoxy) is 1. The number of phenols is 1. The van der Waals surface area contributed by atoms with Gasteiger partial charge in [0.15, 0.2) is 17.2 Å². The number of hydrazone groups is 1. The Morgan fingerprint density at radius 2 is 2.15 bits per heavy atom. The molecule has 10 nitrogen and oxygen atoms in total. The summed E-state index contributed by atoms with van der Waals surface area (Å²) in [5, 5.41) is 31.6. The van der Waals surface area contributed by atoms with Gasteiger partial charge in [-0.15, -0.1) is 0 Å². The third-order valence-corrected chi connectivity index (χ3v) is 3.59. The molecule has 0 aliphatic heterocycles. The number of phenolic OH excluding ortho intramolecular Hbond substituents is 1. The number of amides is 1. The van der Waals surface area contributed by atoms with Crippen molar-refractivity contribution < 1.29 is 19.6 Å². The van der Waals surface area contributed by atoms with Gasteiger partial charge in [0.05, 0.1) is 23.8 Å². The SMILES string of the molecule is CCOc1cc([N+](=O)[O-])cc(/C=N/NC(=O)c2cc(C(C)(C)C)[nH]n2)c1O. The highest BCUT2D eigenvalue weighted by Crippen LogP contribution is 2.33. The zero-order valence-corrected chi connectivity index (χ0v) is 15.4. The number of carbonyl (C=O) groups is 1. The summed E-state index contributed by atoms with van der Waals surface area (Å²) < 4.78 is 5.18. The molecule has 27 heavy (non-hydrogen) atoms. The quantitative estimate of drug-likeness (QED) is 0.402. The average Bonchev–Trinajstić information content (AvgIpc) is 3.08. The molecule has 0 saturated carbocycles. The summed E-state index contributed by atoms with van der Waals surface area (Å²) >= 11 is 0. The van der Waals surface area contributed by atoms with Crippen molar-refractivity contribution in [3.63, 3.8) is 0 Å². The minimum Gasteiger partial charge on any atom is -0.504 e. The Labute approximate surface area is 155 Å². The van der Waals surface area contributed by atoms with Gasteiger partial charge in [-0.1, -0.05) is 20.8 Å². The lowest BCUT2D eigenvalue weighted by Gasteiger charge is -2.14. The lowest BCUT2D eigenvalue weighted by atomic mass is 9.92. The van der Waals surface area contributed by atoms with E-state index < -0.39 is 10.8 Å². The fourth-order valence-corrected chi connectivity index (χ4v) is 2.12. The molecule has 1 amide bonds. The maximum atomic E-state index is 12.1. The molecule has 0 aliphatic carbocycles. The molecule has 0 radical (unpaired) electrons. The van der Waals surface area contributed by atoms with Crippen LogP contribution in [-0.2, 0) is 5.41 Å². The van der Waals surface area contributed by atoms with Crippen LogP contribution in [0.4, 0.5) is 5.69 Å². The number of nitrogens with one attached hydrogen (secondary N) is 2. The van der Waals surface area contributed by atoms with Crippen molar-refractivity contribution in [1.82, 2.24) is 15.6 Å². The van der Waals surface area contributed by atoms with Gasteiger partial charge < -0.3 is 9.84 Å². The first-order valence-electron chi connectivity index (χ1n) is 8.17. The zero-order chi connectivity index (χ0) is 20.2.